The second-order valence-electron chi connectivity index (χ2n) is 7.31. The number of halogens is 1. The number of rotatable bonds is 3. The van der Waals surface area contributed by atoms with Crippen LogP contribution >= 0.6 is 0 Å². The molecule has 6 nitrogen and oxygen atoms in total. The van der Waals surface area contributed by atoms with Gasteiger partial charge in [-0.1, -0.05) is 6.07 Å². The van der Waals surface area contributed by atoms with Crippen LogP contribution in [0.4, 0.5) is 10.1 Å². The lowest BCUT2D eigenvalue weighted by Crippen LogP contribution is -2.55. The van der Waals surface area contributed by atoms with E-state index in [-0.39, 0.29) is 23.9 Å². The summed E-state index contributed by atoms with van der Waals surface area (Å²) in [7, 11) is 0. The highest BCUT2D eigenvalue weighted by Gasteiger charge is 2.41. The maximum absolute atomic E-state index is 13.6. The highest BCUT2D eigenvalue weighted by molar-refractivity contribution is 5.95. The summed E-state index contributed by atoms with van der Waals surface area (Å²) < 4.78 is 19.7. The Bertz CT molecular complexity index is 804. The number of nitrogens with zero attached hydrogens (tertiary/aromatic N) is 4. The lowest BCUT2D eigenvalue weighted by molar-refractivity contribution is -0.140. The van der Waals surface area contributed by atoms with Crippen molar-refractivity contribution in [1.29, 1.82) is 0 Å². The molecule has 27 heavy (non-hydrogen) atoms. The minimum atomic E-state index is -0.373. The average molecular weight is 370 g/mol. The van der Waals surface area contributed by atoms with Crippen molar-refractivity contribution in [2.75, 3.05) is 31.1 Å². The van der Waals surface area contributed by atoms with Crippen LogP contribution < -0.4 is 4.90 Å². The SMILES string of the molecule is O=C1COC2(CCCN(Cc3cncnc3)CC2)CN1c1cccc(F)c1. The van der Waals surface area contributed by atoms with Crippen LogP contribution in [0.25, 0.3) is 0 Å². The summed E-state index contributed by atoms with van der Waals surface area (Å²) >= 11 is 0. The monoisotopic (exact) mass is 370 g/mol. The van der Waals surface area contributed by atoms with Gasteiger partial charge in [0, 0.05) is 36.7 Å². The van der Waals surface area contributed by atoms with Gasteiger partial charge in [-0.05, 0) is 44.0 Å². The number of anilines is 1. The number of ether oxygens (including phenoxy) is 1. The van der Waals surface area contributed by atoms with Crippen molar-refractivity contribution in [3.63, 3.8) is 0 Å². The van der Waals surface area contributed by atoms with Gasteiger partial charge in [-0.25, -0.2) is 14.4 Å². The zero-order chi connectivity index (χ0) is 18.7. The fraction of sp³-hybridized carbons (Fsp3) is 0.450. The van der Waals surface area contributed by atoms with E-state index in [0.29, 0.717) is 12.2 Å². The van der Waals surface area contributed by atoms with E-state index >= 15 is 0 Å². The molecule has 0 radical (unpaired) electrons. The maximum Gasteiger partial charge on any atom is 0.253 e. The lowest BCUT2D eigenvalue weighted by Gasteiger charge is -2.42. The number of hydrogen-bond acceptors (Lipinski definition) is 5. The van der Waals surface area contributed by atoms with E-state index in [0.717, 1.165) is 44.5 Å². The summed E-state index contributed by atoms with van der Waals surface area (Å²) in [6.07, 6.45) is 7.92. The normalized spacial score (nSPS) is 24.2. The summed E-state index contributed by atoms with van der Waals surface area (Å²) in [6, 6.07) is 6.21. The number of aromatic nitrogens is 2. The number of carbonyl (C=O) groups excluding carboxylic acids is 1. The Balaban J connectivity index is 1.46. The molecule has 142 valence electrons. The third-order valence-electron chi connectivity index (χ3n) is 5.38. The van der Waals surface area contributed by atoms with Crippen LogP contribution in [0.3, 0.4) is 0 Å². The summed E-state index contributed by atoms with van der Waals surface area (Å²) in [4.78, 5) is 24.6. The van der Waals surface area contributed by atoms with E-state index in [4.69, 9.17) is 4.74 Å². The molecule has 1 atom stereocenters. The van der Waals surface area contributed by atoms with Gasteiger partial charge >= 0.3 is 0 Å². The molecule has 7 heteroatoms. The Morgan fingerprint density at radius 2 is 2.04 bits per heavy atom. The van der Waals surface area contributed by atoms with Crippen LogP contribution in [-0.2, 0) is 16.1 Å². The van der Waals surface area contributed by atoms with Crippen molar-refractivity contribution < 1.29 is 13.9 Å². The van der Waals surface area contributed by atoms with E-state index in [9.17, 15) is 9.18 Å². The van der Waals surface area contributed by atoms with Crippen molar-refractivity contribution in [3.8, 4) is 0 Å². The Morgan fingerprint density at radius 3 is 2.85 bits per heavy atom. The predicted octanol–water partition coefficient (Wildman–Crippen LogP) is 2.40. The highest BCUT2D eigenvalue weighted by Crippen LogP contribution is 2.33. The Hall–Kier alpha value is -2.38. The second kappa shape index (κ2) is 7.70. The molecule has 2 aliphatic rings. The molecule has 1 aromatic heterocycles. The van der Waals surface area contributed by atoms with Crippen LogP contribution in [0.1, 0.15) is 24.8 Å². The van der Waals surface area contributed by atoms with Gasteiger partial charge in [0.15, 0.2) is 0 Å². The lowest BCUT2D eigenvalue weighted by atomic mass is 9.92. The molecule has 1 aromatic carbocycles. The van der Waals surface area contributed by atoms with E-state index in [1.54, 1.807) is 17.0 Å². The Kier molecular flexibility index (Phi) is 5.13. The van der Waals surface area contributed by atoms with Crippen molar-refractivity contribution in [2.45, 2.75) is 31.4 Å². The molecule has 2 aromatic rings. The molecule has 0 aliphatic carbocycles. The van der Waals surface area contributed by atoms with E-state index in [2.05, 4.69) is 14.9 Å². The smallest absolute Gasteiger partial charge is 0.253 e. The molecule has 3 heterocycles. The first-order chi connectivity index (χ1) is 13.1. The van der Waals surface area contributed by atoms with Crippen LogP contribution in [-0.4, -0.2) is 52.6 Å². The van der Waals surface area contributed by atoms with Gasteiger partial charge in [0.05, 0.1) is 12.1 Å². The summed E-state index contributed by atoms with van der Waals surface area (Å²) in [6.45, 7) is 3.16. The first-order valence-corrected chi connectivity index (χ1v) is 9.30. The molecule has 2 aliphatic heterocycles. The highest BCUT2D eigenvalue weighted by atomic mass is 19.1. The molecule has 4 rings (SSSR count). The fourth-order valence-electron chi connectivity index (χ4n) is 3.95. The van der Waals surface area contributed by atoms with Crippen LogP contribution in [0.15, 0.2) is 43.0 Å². The molecule has 1 amide bonds. The van der Waals surface area contributed by atoms with Gasteiger partial charge in [-0.2, -0.15) is 0 Å². The first-order valence-electron chi connectivity index (χ1n) is 9.30. The number of amides is 1. The number of hydrogen-bond donors (Lipinski definition) is 0. The summed E-state index contributed by atoms with van der Waals surface area (Å²) in [5.41, 5.74) is 1.32. The average Bonchev–Trinajstić information content (AvgIpc) is 2.87. The largest absolute Gasteiger partial charge is 0.363 e. The van der Waals surface area contributed by atoms with Gasteiger partial charge in [0.1, 0.15) is 18.8 Å². The van der Waals surface area contributed by atoms with Gasteiger partial charge in [0.25, 0.3) is 5.91 Å². The molecular formula is C20H23FN4O2. The zero-order valence-electron chi connectivity index (χ0n) is 15.2. The second-order valence-corrected chi connectivity index (χ2v) is 7.31. The third-order valence-corrected chi connectivity index (χ3v) is 5.38. The molecule has 2 saturated heterocycles. The van der Waals surface area contributed by atoms with Gasteiger partial charge in [-0.15, -0.1) is 0 Å². The van der Waals surface area contributed by atoms with Gasteiger partial charge in [-0.3, -0.25) is 9.69 Å². The van der Waals surface area contributed by atoms with Crippen LogP contribution in [0.5, 0.6) is 0 Å². The minimum Gasteiger partial charge on any atom is -0.363 e. The molecule has 0 bridgehead atoms. The van der Waals surface area contributed by atoms with Gasteiger partial charge in [0.2, 0.25) is 0 Å². The van der Waals surface area contributed by atoms with Crippen LogP contribution in [0, 0.1) is 5.82 Å². The standard InChI is InChI=1S/C20H23FN4O2/c21-17-3-1-4-18(9-17)25-14-20(27-13-19(25)26)5-2-7-24(8-6-20)12-16-10-22-15-23-11-16/h1,3-4,9-11,15H,2,5-8,12-14H2. The van der Waals surface area contributed by atoms with Crippen molar-refractivity contribution >= 4 is 11.6 Å². The molecule has 1 spiro atoms. The Morgan fingerprint density at radius 1 is 1.19 bits per heavy atom. The van der Waals surface area contributed by atoms with E-state index in [1.807, 2.05) is 12.4 Å². The molecule has 0 saturated carbocycles. The third kappa shape index (κ3) is 4.14. The van der Waals surface area contributed by atoms with Gasteiger partial charge < -0.3 is 9.64 Å². The minimum absolute atomic E-state index is 0.0447. The maximum atomic E-state index is 13.6. The topological polar surface area (TPSA) is 58.6 Å². The number of likely N-dealkylation sites (tertiary alicyclic amines) is 1. The quantitative estimate of drug-likeness (QED) is 0.830. The van der Waals surface area contributed by atoms with Crippen molar-refractivity contribution in [1.82, 2.24) is 14.9 Å². The number of benzene rings is 1. The van der Waals surface area contributed by atoms with Crippen molar-refractivity contribution in [3.05, 3.63) is 54.4 Å². The first kappa shape index (κ1) is 18.0. The number of carbonyl (C=O) groups is 1. The Labute approximate surface area is 158 Å². The van der Waals surface area contributed by atoms with Crippen molar-refractivity contribution in [2.24, 2.45) is 0 Å². The van der Waals surface area contributed by atoms with E-state index in [1.165, 1.54) is 18.5 Å². The summed E-state index contributed by atoms with van der Waals surface area (Å²) in [5, 5.41) is 0. The van der Waals surface area contributed by atoms with Crippen LogP contribution in [0.2, 0.25) is 0 Å². The molecule has 1 unspecified atom stereocenters. The summed E-state index contributed by atoms with van der Waals surface area (Å²) in [5.74, 6) is -0.452. The fourth-order valence-corrected chi connectivity index (χ4v) is 3.95. The molecule has 2 fully saturated rings. The van der Waals surface area contributed by atoms with E-state index < -0.39 is 0 Å². The predicted molar refractivity (Wildman–Crippen MR) is 98.6 cm³/mol. The molecular weight excluding hydrogens is 347 g/mol. The zero-order valence-corrected chi connectivity index (χ0v) is 15.2. The molecule has 0 N–H and O–H groups in total. The number of morpholine rings is 1.